The Hall–Kier alpha value is -3.83. The first-order chi connectivity index (χ1) is 19.5. The number of hydrogen-bond acceptors (Lipinski definition) is 8. The van der Waals surface area contributed by atoms with Gasteiger partial charge in [-0.05, 0) is 29.7 Å². The molecule has 2 aromatic heterocycles. The number of anilines is 1. The molecule has 1 fully saturated rings. The second kappa shape index (κ2) is 14.5. The van der Waals surface area contributed by atoms with Gasteiger partial charge in [0.15, 0.2) is 0 Å². The molecule has 1 aromatic carbocycles. The van der Waals surface area contributed by atoms with E-state index in [0.29, 0.717) is 13.2 Å². The number of H-pyrrole nitrogens is 1. The quantitative estimate of drug-likeness (QED) is 0.105. The molecule has 0 unspecified atom stereocenters. The van der Waals surface area contributed by atoms with Crippen molar-refractivity contribution in [2.45, 2.75) is 25.9 Å². The average Bonchev–Trinajstić information content (AvgIpc) is 3.42. The third-order valence-electron chi connectivity index (χ3n) is 7.11. The number of fused-ring (bicyclic) bond motifs is 1. The number of amides is 1. The second-order valence-corrected chi connectivity index (χ2v) is 9.85. The molecule has 0 bridgehead atoms. The fourth-order valence-corrected chi connectivity index (χ4v) is 4.76. The van der Waals surface area contributed by atoms with E-state index in [9.17, 15) is 4.79 Å². The van der Waals surface area contributed by atoms with E-state index in [1.165, 1.54) is 5.56 Å². The molecular formula is C30H39N7O3. The SMILES string of the molecule is C=C/C=C(\C=C)[C@@H](C)Nc1ncnc2[nH]c(-c3ccc(CN4CCN(CCOCCC(=O)NO)CC4)cc3)cc12. The zero-order valence-electron chi connectivity index (χ0n) is 23.1. The fraction of sp³-hybridized carbons (Fsp3) is 0.367. The Balaban J connectivity index is 1.29. The Bertz CT molecular complexity index is 1310. The van der Waals surface area contributed by atoms with Crippen LogP contribution in [0.2, 0.25) is 0 Å². The highest BCUT2D eigenvalue weighted by Crippen LogP contribution is 2.28. The summed E-state index contributed by atoms with van der Waals surface area (Å²) in [5, 5.41) is 12.9. The van der Waals surface area contributed by atoms with Gasteiger partial charge in [-0.15, -0.1) is 0 Å². The van der Waals surface area contributed by atoms with Crippen molar-refractivity contribution in [2.75, 3.05) is 51.3 Å². The number of aromatic nitrogens is 3. The maximum atomic E-state index is 11.0. The summed E-state index contributed by atoms with van der Waals surface area (Å²) in [6, 6.07) is 10.8. The molecule has 1 amide bonds. The number of hydrogen-bond donors (Lipinski definition) is 4. The summed E-state index contributed by atoms with van der Waals surface area (Å²) in [6.45, 7) is 16.4. The van der Waals surface area contributed by atoms with Crippen molar-refractivity contribution in [2.24, 2.45) is 0 Å². The molecule has 10 heteroatoms. The average molecular weight is 546 g/mol. The van der Waals surface area contributed by atoms with Crippen molar-refractivity contribution >= 4 is 22.8 Å². The van der Waals surface area contributed by atoms with E-state index in [-0.39, 0.29) is 12.5 Å². The molecule has 1 atom stereocenters. The number of benzene rings is 1. The maximum Gasteiger partial charge on any atom is 0.245 e. The Morgan fingerprint density at radius 1 is 1.15 bits per heavy atom. The lowest BCUT2D eigenvalue weighted by Gasteiger charge is -2.34. The molecular weight excluding hydrogens is 506 g/mol. The van der Waals surface area contributed by atoms with Gasteiger partial charge in [0.2, 0.25) is 5.91 Å². The van der Waals surface area contributed by atoms with Crippen LogP contribution in [0.5, 0.6) is 0 Å². The minimum atomic E-state index is -0.427. The summed E-state index contributed by atoms with van der Waals surface area (Å²) in [4.78, 5) is 28.2. The van der Waals surface area contributed by atoms with Gasteiger partial charge in [0.05, 0.1) is 25.0 Å². The highest BCUT2D eigenvalue weighted by atomic mass is 16.5. The molecule has 1 aliphatic rings. The van der Waals surface area contributed by atoms with Gasteiger partial charge in [0.1, 0.15) is 17.8 Å². The van der Waals surface area contributed by atoms with Crippen molar-refractivity contribution in [1.29, 1.82) is 0 Å². The second-order valence-electron chi connectivity index (χ2n) is 9.85. The Morgan fingerprint density at radius 3 is 2.60 bits per heavy atom. The molecule has 1 saturated heterocycles. The van der Waals surface area contributed by atoms with E-state index in [4.69, 9.17) is 9.94 Å². The van der Waals surface area contributed by atoms with Crippen LogP contribution in [0.25, 0.3) is 22.3 Å². The van der Waals surface area contributed by atoms with Crippen LogP contribution in [0.3, 0.4) is 0 Å². The van der Waals surface area contributed by atoms with Gasteiger partial charge in [-0.2, -0.15) is 0 Å². The monoisotopic (exact) mass is 545 g/mol. The first kappa shape index (κ1) is 29.2. The van der Waals surface area contributed by atoms with Crippen LogP contribution in [-0.2, 0) is 16.1 Å². The largest absolute Gasteiger partial charge is 0.380 e. The van der Waals surface area contributed by atoms with E-state index < -0.39 is 5.91 Å². The van der Waals surface area contributed by atoms with Gasteiger partial charge >= 0.3 is 0 Å². The van der Waals surface area contributed by atoms with E-state index in [0.717, 1.165) is 73.0 Å². The summed E-state index contributed by atoms with van der Waals surface area (Å²) in [7, 11) is 0. The lowest BCUT2D eigenvalue weighted by atomic mass is 10.1. The Kier molecular flexibility index (Phi) is 10.6. The summed E-state index contributed by atoms with van der Waals surface area (Å²) in [5.41, 5.74) is 6.81. The highest BCUT2D eigenvalue weighted by Gasteiger charge is 2.17. The molecule has 10 nitrogen and oxygen atoms in total. The molecule has 0 saturated carbocycles. The molecule has 4 N–H and O–H groups in total. The summed E-state index contributed by atoms with van der Waals surface area (Å²) in [6.07, 6.45) is 7.25. The minimum absolute atomic E-state index is 0.0218. The van der Waals surface area contributed by atoms with Crippen LogP contribution in [0.1, 0.15) is 18.9 Å². The first-order valence-corrected chi connectivity index (χ1v) is 13.6. The zero-order chi connectivity index (χ0) is 28.3. The molecule has 3 aromatic rings. The predicted octanol–water partition coefficient (Wildman–Crippen LogP) is 3.75. The van der Waals surface area contributed by atoms with E-state index in [1.807, 2.05) is 12.2 Å². The molecule has 1 aliphatic heterocycles. The van der Waals surface area contributed by atoms with Gasteiger partial charge in [-0.3, -0.25) is 19.8 Å². The minimum Gasteiger partial charge on any atom is -0.380 e. The Morgan fingerprint density at radius 2 is 1.90 bits per heavy atom. The van der Waals surface area contributed by atoms with E-state index in [1.54, 1.807) is 17.9 Å². The molecule has 212 valence electrons. The van der Waals surface area contributed by atoms with Crippen LogP contribution in [0, 0.1) is 0 Å². The Labute approximate surface area is 235 Å². The number of carbonyl (C=O) groups is 1. The van der Waals surface area contributed by atoms with Crippen LogP contribution in [0.4, 0.5) is 5.82 Å². The van der Waals surface area contributed by atoms with Crippen LogP contribution < -0.4 is 10.8 Å². The molecule has 0 radical (unpaired) electrons. The molecule has 0 spiro atoms. The number of carbonyl (C=O) groups excluding carboxylic acids is 1. The lowest BCUT2D eigenvalue weighted by molar-refractivity contribution is -0.130. The van der Waals surface area contributed by atoms with Crippen LogP contribution in [-0.4, -0.2) is 87.8 Å². The summed E-state index contributed by atoms with van der Waals surface area (Å²) in [5.74, 6) is 0.345. The number of piperazine rings is 1. The normalized spacial score (nSPS) is 15.6. The number of ether oxygens (including phenoxy) is 1. The van der Waals surface area contributed by atoms with Gasteiger partial charge in [-0.1, -0.05) is 55.7 Å². The van der Waals surface area contributed by atoms with Gasteiger partial charge in [0.25, 0.3) is 0 Å². The van der Waals surface area contributed by atoms with Crippen molar-refractivity contribution in [3.05, 3.63) is 79.2 Å². The fourth-order valence-electron chi connectivity index (χ4n) is 4.76. The lowest BCUT2D eigenvalue weighted by Crippen LogP contribution is -2.46. The number of nitrogens with one attached hydrogen (secondary N) is 3. The third-order valence-corrected chi connectivity index (χ3v) is 7.11. The first-order valence-electron chi connectivity index (χ1n) is 13.6. The molecule has 0 aliphatic carbocycles. The van der Waals surface area contributed by atoms with Crippen LogP contribution >= 0.6 is 0 Å². The summed E-state index contributed by atoms with van der Waals surface area (Å²) < 4.78 is 5.49. The van der Waals surface area contributed by atoms with E-state index in [2.05, 4.69) is 80.5 Å². The van der Waals surface area contributed by atoms with Crippen LogP contribution in [0.15, 0.2) is 73.6 Å². The van der Waals surface area contributed by atoms with Crippen molar-refractivity contribution in [3.8, 4) is 11.3 Å². The standard InChI is InChI=1S/C30H39N7O3/c1-4-6-24(5-2)22(3)33-29-26-19-27(34-30(26)32-21-31-29)25-9-7-23(8-10-25)20-37-14-12-36(13-15-37)16-18-40-17-11-28(38)35-39/h4-10,19,21-22,39H,1-2,11-18,20H2,3H3,(H,35,38)(H2,31,32,33,34)/b24-6+/t22-/m1/s1. The topological polar surface area (TPSA) is 119 Å². The molecule has 40 heavy (non-hydrogen) atoms. The van der Waals surface area contributed by atoms with Crippen molar-refractivity contribution < 1.29 is 14.7 Å². The number of rotatable bonds is 14. The molecule has 3 heterocycles. The van der Waals surface area contributed by atoms with Gasteiger partial charge < -0.3 is 15.0 Å². The highest BCUT2D eigenvalue weighted by molar-refractivity contribution is 5.91. The molecule has 4 rings (SSSR count). The van der Waals surface area contributed by atoms with E-state index >= 15 is 0 Å². The van der Waals surface area contributed by atoms with Gasteiger partial charge in [-0.25, -0.2) is 15.4 Å². The number of aromatic amines is 1. The van der Waals surface area contributed by atoms with Gasteiger partial charge in [0, 0.05) is 51.0 Å². The number of hydroxylamine groups is 1. The predicted molar refractivity (Wildman–Crippen MR) is 158 cm³/mol. The van der Waals surface area contributed by atoms with Crippen molar-refractivity contribution in [1.82, 2.24) is 30.2 Å². The summed E-state index contributed by atoms with van der Waals surface area (Å²) >= 11 is 0. The number of allylic oxidation sites excluding steroid dienone is 2. The number of nitrogens with zero attached hydrogens (tertiary/aromatic N) is 4. The maximum absolute atomic E-state index is 11.0. The van der Waals surface area contributed by atoms with Crippen molar-refractivity contribution in [3.63, 3.8) is 0 Å². The zero-order valence-corrected chi connectivity index (χ0v) is 23.1. The smallest absolute Gasteiger partial charge is 0.245 e. The third kappa shape index (κ3) is 7.86.